The number of rotatable bonds is 6. The molecular formula is C19H30N6O4. The Labute approximate surface area is 170 Å². The van der Waals surface area contributed by atoms with Crippen LogP contribution in [0.2, 0.25) is 0 Å². The van der Waals surface area contributed by atoms with Crippen molar-refractivity contribution in [3.05, 3.63) is 6.33 Å². The number of hydrogen-bond acceptors (Lipinski definition) is 7. The summed E-state index contributed by atoms with van der Waals surface area (Å²) in [6.07, 6.45) is 0.768. The number of aliphatic hydroxyl groups excluding tert-OH is 1. The number of amides is 1. The van der Waals surface area contributed by atoms with Crippen LogP contribution in [0.3, 0.4) is 0 Å². The molecule has 1 fully saturated rings. The molecule has 1 saturated heterocycles. The van der Waals surface area contributed by atoms with Crippen molar-refractivity contribution >= 4 is 23.2 Å². The third-order valence-corrected chi connectivity index (χ3v) is 5.31. The first-order valence-electron chi connectivity index (χ1n) is 9.88. The number of anilines is 1. The molecule has 2 N–H and O–H groups in total. The van der Waals surface area contributed by atoms with Crippen molar-refractivity contribution in [3.8, 4) is 5.88 Å². The summed E-state index contributed by atoms with van der Waals surface area (Å²) < 4.78 is 8.20. The number of aromatic nitrogens is 4. The summed E-state index contributed by atoms with van der Waals surface area (Å²) in [5.41, 5.74) is 0.898. The molecule has 2 aromatic heterocycles. The Kier molecular flexibility index (Phi) is 5.83. The molecule has 3 heterocycles. The van der Waals surface area contributed by atoms with Gasteiger partial charge < -0.3 is 24.7 Å². The fraction of sp³-hybridized carbons (Fsp3) is 0.684. The van der Waals surface area contributed by atoms with Gasteiger partial charge in [0.25, 0.3) is 0 Å². The van der Waals surface area contributed by atoms with Gasteiger partial charge in [0.05, 0.1) is 12.6 Å². The van der Waals surface area contributed by atoms with Gasteiger partial charge in [0, 0.05) is 33.1 Å². The van der Waals surface area contributed by atoms with Crippen molar-refractivity contribution in [1.82, 2.24) is 24.4 Å². The molecule has 2 atom stereocenters. The second-order valence-electron chi connectivity index (χ2n) is 8.38. The summed E-state index contributed by atoms with van der Waals surface area (Å²) in [5, 5.41) is 18.9. The lowest BCUT2D eigenvalue weighted by Gasteiger charge is -2.36. The van der Waals surface area contributed by atoms with Gasteiger partial charge in [0.1, 0.15) is 12.4 Å². The highest BCUT2D eigenvalue weighted by Crippen LogP contribution is 2.36. The molecule has 0 aliphatic carbocycles. The average molecular weight is 406 g/mol. The predicted molar refractivity (Wildman–Crippen MR) is 108 cm³/mol. The molecule has 160 valence electrons. The molecule has 0 radical (unpaired) electrons. The van der Waals surface area contributed by atoms with Crippen molar-refractivity contribution in [2.24, 2.45) is 5.41 Å². The number of imidazole rings is 1. The highest BCUT2D eigenvalue weighted by molar-refractivity contribution is 5.79. The highest BCUT2D eigenvalue weighted by atomic mass is 16.5. The molecule has 2 unspecified atom stereocenters. The van der Waals surface area contributed by atoms with E-state index in [9.17, 15) is 15.0 Å². The Hall–Kier alpha value is -2.62. The first-order chi connectivity index (χ1) is 13.7. The number of aryl methyl sites for hydroxylation is 1. The number of hydrogen-bond donors (Lipinski definition) is 2. The van der Waals surface area contributed by atoms with Crippen LogP contribution in [0.4, 0.5) is 10.7 Å². The number of ether oxygens (including phenoxy) is 1. The van der Waals surface area contributed by atoms with Gasteiger partial charge in [-0.15, -0.1) is 0 Å². The van der Waals surface area contributed by atoms with Crippen molar-refractivity contribution < 1.29 is 19.7 Å². The molecule has 10 nitrogen and oxygen atoms in total. The molecule has 1 aliphatic rings. The molecule has 10 heteroatoms. The fourth-order valence-electron chi connectivity index (χ4n) is 4.09. The van der Waals surface area contributed by atoms with Crippen LogP contribution >= 0.6 is 0 Å². The van der Waals surface area contributed by atoms with E-state index in [1.807, 2.05) is 44.2 Å². The lowest BCUT2D eigenvalue weighted by Crippen LogP contribution is -2.48. The lowest BCUT2D eigenvalue weighted by molar-refractivity contribution is 0.0558. The number of likely N-dealkylation sites (N-methyl/N-ethyl adjacent to an activating group) is 1. The predicted octanol–water partition coefficient (Wildman–Crippen LogP) is 1.82. The summed E-state index contributed by atoms with van der Waals surface area (Å²) in [5.74, 6) is 1.03. The van der Waals surface area contributed by atoms with Gasteiger partial charge in [-0.05, 0) is 12.3 Å². The van der Waals surface area contributed by atoms with E-state index < -0.39 is 6.09 Å². The van der Waals surface area contributed by atoms with Gasteiger partial charge in [0.15, 0.2) is 11.2 Å². The molecule has 0 bridgehead atoms. The van der Waals surface area contributed by atoms with Crippen LogP contribution in [0.25, 0.3) is 11.2 Å². The van der Waals surface area contributed by atoms with Crippen molar-refractivity contribution in [1.29, 1.82) is 0 Å². The van der Waals surface area contributed by atoms with E-state index in [1.54, 1.807) is 0 Å². The Bertz CT molecular complexity index is 877. The van der Waals surface area contributed by atoms with E-state index in [1.165, 1.54) is 11.2 Å². The van der Waals surface area contributed by atoms with Gasteiger partial charge in [-0.1, -0.05) is 20.8 Å². The SMILES string of the molecule is CCn1c(N(C)CCO)nc2c(OC3CCN(C(=O)O)C3C(C)(C)C)ncnc21. The summed E-state index contributed by atoms with van der Waals surface area (Å²) in [6.45, 7) is 9.56. The van der Waals surface area contributed by atoms with Gasteiger partial charge in [-0.2, -0.15) is 4.98 Å². The minimum atomic E-state index is -0.938. The summed E-state index contributed by atoms with van der Waals surface area (Å²) in [4.78, 5) is 28.4. The zero-order chi connectivity index (χ0) is 21.3. The topological polar surface area (TPSA) is 117 Å². The molecule has 0 spiro atoms. The second-order valence-corrected chi connectivity index (χ2v) is 8.38. The van der Waals surface area contributed by atoms with Crippen molar-refractivity contribution in [2.75, 3.05) is 31.6 Å². The van der Waals surface area contributed by atoms with Crippen LogP contribution in [0.1, 0.15) is 34.1 Å². The highest BCUT2D eigenvalue weighted by Gasteiger charge is 2.45. The fourth-order valence-corrected chi connectivity index (χ4v) is 4.09. The Morgan fingerprint density at radius 3 is 2.69 bits per heavy atom. The minimum absolute atomic E-state index is 0.0127. The van der Waals surface area contributed by atoms with Crippen molar-refractivity contribution in [2.45, 2.75) is 52.8 Å². The van der Waals surface area contributed by atoms with E-state index in [4.69, 9.17) is 4.74 Å². The monoisotopic (exact) mass is 406 g/mol. The van der Waals surface area contributed by atoms with Gasteiger partial charge >= 0.3 is 6.09 Å². The van der Waals surface area contributed by atoms with E-state index in [0.717, 1.165) is 0 Å². The molecule has 1 aliphatic heterocycles. The number of carboxylic acid groups (broad SMARTS) is 1. The molecule has 3 rings (SSSR count). The number of aliphatic hydroxyl groups is 1. The standard InChI is InChI=1S/C19H30N6O4/c1-6-24-15-13(22-17(24)23(5)9-10-26)16(21-11-20-15)29-12-7-8-25(18(27)28)14(12)19(2,3)4/h11-12,14,26H,6-10H2,1-5H3,(H,27,28). The Morgan fingerprint density at radius 2 is 2.10 bits per heavy atom. The average Bonchev–Trinajstić information content (AvgIpc) is 3.23. The quantitative estimate of drug-likeness (QED) is 0.746. The van der Waals surface area contributed by atoms with Crippen LogP contribution in [-0.2, 0) is 6.54 Å². The number of likely N-dealkylation sites (tertiary alicyclic amines) is 1. The normalized spacial score (nSPS) is 19.7. The summed E-state index contributed by atoms with van der Waals surface area (Å²) in [6, 6.07) is -0.296. The lowest BCUT2D eigenvalue weighted by atomic mass is 9.84. The van der Waals surface area contributed by atoms with Crippen LogP contribution in [-0.4, -0.2) is 79.6 Å². The first kappa shape index (κ1) is 21.1. The maximum atomic E-state index is 11.7. The second kappa shape index (κ2) is 8.02. The molecule has 1 amide bonds. The van der Waals surface area contributed by atoms with E-state index in [2.05, 4.69) is 15.0 Å². The van der Waals surface area contributed by atoms with E-state index in [0.29, 0.717) is 49.0 Å². The van der Waals surface area contributed by atoms with Gasteiger partial charge in [0.2, 0.25) is 11.8 Å². The van der Waals surface area contributed by atoms with Gasteiger partial charge in [-0.3, -0.25) is 4.57 Å². The zero-order valence-corrected chi connectivity index (χ0v) is 17.7. The van der Waals surface area contributed by atoms with Crippen LogP contribution in [0.5, 0.6) is 5.88 Å². The minimum Gasteiger partial charge on any atom is -0.470 e. The third kappa shape index (κ3) is 3.93. The molecule has 29 heavy (non-hydrogen) atoms. The van der Waals surface area contributed by atoms with Crippen LogP contribution < -0.4 is 9.64 Å². The van der Waals surface area contributed by atoms with Crippen molar-refractivity contribution in [3.63, 3.8) is 0 Å². The van der Waals surface area contributed by atoms with Crippen LogP contribution in [0, 0.1) is 5.41 Å². The first-order valence-corrected chi connectivity index (χ1v) is 9.88. The number of nitrogens with zero attached hydrogens (tertiary/aromatic N) is 6. The third-order valence-electron chi connectivity index (χ3n) is 5.31. The molecule has 0 aromatic carbocycles. The zero-order valence-electron chi connectivity index (χ0n) is 17.7. The Balaban J connectivity index is 1.99. The van der Waals surface area contributed by atoms with E-state index >= 15 is 0 Å². The van der Waals surface area contributed by atoms with Gasteiger partial charge in [-0.25, -0.2) is 14.8 Å². The van der Waals surface area contributed by atoms with E-state index in [-0.39, 0.29) is 24.2 Å². The largest absolute Gasteiger partial charge is 0.470 e. The maximum Gasteiger partial charge on any atom is 0.407 e. The number of fused-ring (bicyclic) bond motifs is 1. The summed E-state index contributed by atoms with van der Waals surface area (Å²) in [7, 11) is 1.86. The Morgan fingerprint density at radius 1 is 1.38 bits per heavy atom. The summed E-state index contributed by atoms with van der Waals surface area (Å²) >= 11 is 0. The maximum absolute atomic E-state index is 11.7. The smallest absolute Gasteiger partial charge is 0.407 e. The molecule has 0 saturated carbocycles. The van der Waals surface area contributed by atoms with Crippen LogP contribution in [0.15, 0.2) is 6.33 Å². The molecular weight excluding hydrogens is 376 g/mol. The molecule has 2 aromatic rings. The number of carbonyl (C=O) groups is 1.